The summed E-state index contributed by atoms with van der Waals surface area (Å²) in [6.45, 7) is 5.54. The number of hydrogen-bond donors (Lipinski definition) is 0. The van der Waals surface area contributed by atoms with E-state index < -0.39 is 5.63 Å². The van der Waals surface area contributed by atoms with Crippen LogP contribution in [0.15, 0.2) is 27.4 Å². The van der Waals surface area contributed by atoms with Gasteiger partial charge in [0.1, 0.15) is 11.3 Å². The molecule has 35 heavy (non-hydrogen) atoms. The highest BCUT2D eigenvalue weighted by Crippen LogP contribution is 2.35. The van der Waals surface area contributed by atoms with Crippen LogP contribution in [0.1, 0.15) is 117 Å². The molecule has 5 heteroatoms. The fraction of sp³-hybridized carbons (Fsp3) is 0.700. The predicted molar refractivity (Wildman–Crippen MR) is 145 cm³/mol. The second-order valence-electron chi connectivity index (χ2n) is 9.56. The smallest absolute Gasteiger partial charge is 0.383 e. The Hall–Kier alpha value is -2.17. The van der Waals surface area contributed by atoms with Crippen molar-refractivity contribution in [1.82, 2.24) is 0 Å². The van der Waals surface area contributed by atoms with E-state index in [0.717, 1.165) is 31.1 Å². The van der Waals surface area contributed by atoms with Gasteiger partial charge < -0.3 is 18.6 Å². The molecule has 0 atom stereocenters. The van der Waals surface area contributed by atoms with E-state index in [4.69, 9.17) is 18.6 Å². The van der Waals surface area contributed by atoms with Crippen molar-refractivity contribution in [1.29, 1.82) is 0 Å². The van der Waals surface area contributed by atoms with E-state index in [1.807, 2.05) is 12.1 Å². The molecule has 0 radical (unpaired) electrons. The first-order valence-electron chi connectivity index (χ1n) is 14.1. The molecule has 2 aromatic rings. The number of methoxy groups -OCH3 is 1. The molecule has 0 fully saturated rings. The van der Waals surface area contributed by atoms with E-state index in [9.17, 15) is 4.79 Å². The van der Waals surface area contributed by atoms with Crippen LogP contribution in [0.3, 0.4) is 0 Å². The van der Waals surface area contributed by atoms with Crippen molar-refractivity contribution in [3.05, 3.63) is 28.6 Å². The van der Waals surface area contributed by atoms with Crippen molar-refractivity contribution in [2.24, 2.45) is 0 Å². The predicted octanol–water partition coefficient (Wildman–Crippen LogP) is 8.84. The van der Waals surface area contributed by atoms with Crippen LogP contribution in [0, 0.1) is 0 Å². The fourth-order valence-corrected chi connectivity index (χ4v) is 4.35. The lowest BCUT2D eigenvalue weighted by Gasteiger charge is -2.14. The van der Waals surface area contributed by atoms with Gasteiger partial charge in [0.15, 0.2) is 5.75 Å². The summed E-state index contributed by atoms with van der Waals surface area (Å²) in [5, 5.41) is 0.746. The van der Waals surface area contributed by atoms with Crippen molar-refractivity contribution in [3.8, 4) is 17.2 Å². The molecule has 0 amide bonds. The van der Waals surface area contributed by atoms with Gasteiger partial charge in [0.05, 0.1) is 25.7 Å². The van der Waals surface area contributed by atoms with Crippen LogP contribution >= 0.6 is 0 Å². The number of benzene rings is 1. The molecule has 0 saturated heterocycles. The van der Waals surface area contributed by atoms with Crippen LogP contribution in [0.5, 0.6) is 17.2 Å². The molecule has 0 unspecified atom stereocenters. The van der Waals surface area contributed by atoms with Gasteiger partial charge in [-0.1, -0.05) is 104 Å². The van der Waals surface area contributed by atoms with E-state index in [1.54, 1.807) is 13.2 Å². The molecule has 0 aliphatic heterocycles. The Balaban J connectivity index is 1.91. The molecule has 0 N–H and O–H groups in total. The van der Waals surface area contributed by atoms with Crippen LogP contribution in [0.4, 0.5) is 0 Å². The summed E-state index contributed by atoms with van der Waals surface area (Å²) in [5.41, 5.74) is -0.0315. The molecule has 0 bridgehead atoms. The quantitative estimate of drug-likeness (QED) is 0.130. The molecule has 5 nitrogen and oxygen atoms in total. The molecule has 1 aromatic carbocycles. The minimum atomic E-state index is -0.490. The zero-order valence-corrected chi connectivity index (χ0v) is 22.5. The fourth-order valence-electron chi connectivity index (χ4n) is 4.35. The monoisotopic (exact) mass is 488 g/mol. The second kappa shape index (κ2) is 18.1. The Bertz CT molecular complexity index is 873. The highest BCUT2D eigenvalue weighted by Gasteiger charge is 2.18. The van der Waals surface area contributed by atoms with E-state index in [1.165, 1.54) is 77.0 Å². The summed E-state index contributed by atoms with van der Waals surface area (Å²) in [6, 6.07) is 5.46. The molecule has 2 rings (SSSR count). The summed E-state index contributed by atoms with van der Waals surface area (Å²) in [4.78, 5) is 12.8. The van der Waals surface area contributed by atoms with Crippen molar-refractivity contribution in [3.63, 3.8) is 0 Å². The summed E-state index contributed by atoms with van der Waals surface area (Å²) < 4.78 is 23.0. The number of fused-ring (bicyclic) bond motifs is 1. The van der Waals surface area contributed by atoms with Crippen LogP contribution in [0.2, 0.25) is 0 Å². The SMILES string of the molecule is CCCCCCCCCCOc1c(OCCCCCCCCCC)c2ccc(OC)cc2oc1=O. The average molecular weight is 489 g/mol. The highest BCUT2D eigenvalue weighted by molar-refractivity contribution is 5.86. The normalized spacial score (nSPS) is 11.2. The number of ether oxygens (including phenoxy) is 3. The lowest BCUT2D eigenvalue weighted by atomic mass is 10.1. The first-order valence-corrected chi connectivity index (χ1v) is 14.1. The Morgan fingerprint density at radius 2 is 1.14 bits per heavy atom. The van der Waals surface area contributed by atoms with Gasteiger partial charge in [0, 0.05) is 6.07 Å². The topological polar surface area (TPSA) is 57.9 Å². The maximum Gasteiger partial charge on any atom is 0.383 e. The number of hydrogen-bond acceptors (Lipinski definition) is 5. The lowest BCUT2D eigenvalue weighted by molar-refractivity contribution is 0.250. The molecular weight excluding hydrogens is 440 g/mol. The van der Waals surface area contributed by atoms with Gasteiger partial charge in [0.2, 0.25) is 5.75 Å². The van der Waals surface area contributed by atoms with Gasteiger partial charge in [-0.25, -0.2) is 4.79 Å². The second-order valence-corrected chi connectivity index (χ2v) is 9.56. The molecule has 1 heterocycles. The molecule has 0 saturated carbocycles. The van der Waals surface area contributed by atoms with Gasteiger partial charge in [-0.3, -0.25) is 0 Å². The summed E-state index contributed by atoms with van der Waals surface area (Å²) in [6.07, 6.45) is 19.6. The Kier molecular flexibility index (Phi) is 15.1. The van der Waals surface area contributed by atoms with Crippen LogP contribution < -0.4 is 19.8 Å². The van der Waals surface area contributed by atoms with Crippen LogP contribution in [-0.4, -0.2) is 20.3 Å². The van der Waals surface area contributed by atoms with Crippen molar-refractivity contribution in [2.75, 3.05) is 20.3 Å². The minimum Gasteiger partial charge on any atom is -0.497 e. The van der Waals surface area contributed by atoms with E-state index in [-0.39, 0.29) is 5.75 Å². The first-order chi connectivity index (χ1) is 17.2. The van der Waals surface area contributed by atoms with Crippen molar-refractivity contribution in [2.45, 2.75) is 117 Å². The zero-order valence-electron chi connectivity index (χ0n) is 22.5. The third-order valence-corrected chi connectivity index (χ3v) is 6.52. The third kappa shape index (κ3) is 11.0. The molecule has 0 spiro atoms. The standard InChI is InChI=1S/C30H48O5/c1-4-6-8-10-12-14-16-18-22-33-28-26-21-20-25(32-3)24-27(26)35-30(31)29(28)34-23-19-17-15-13-11-9-7-5-2/h20-21,24H,4-19,22-23H2,1-3H3. The maximum absolute atomic E-state index is 12.8. The summed E-state index contributed by atoms with van der Waals surface area (Å²) in [7, 11) is 1.60. The molecular formula is C30H48O5. The molecule has 0 aliphatic rings. The molecule has 198 valence electrons. The maximum atomic E-state index is 12.8. The summed E-state index contributed by atoms with van der Waals surface area (Å²) >= 11 is 0. The van der Waals surface area contributed by atoms with Crippen LogP contribution in [0.25, 0.3) is 11.0 Å². The van der Waals surface area contributed by atoms with Crippen molar-refractivity contribution < 1.29 is 18.6 Å². The zero-order chi connectivity index (χ0) is 25.1. The third-order valence-electron chi connectivity index (χ3n) is 6.52. The van der Waals surface area contributed by atoms with Gasteiger partial charge in [0.25, 0.3) is 0 Å². The largest absolute Gasteiger partial charge is 0.497 e. The van der Waals surface area contributed by atoms with E-state index >= 15 is 0 Å². The van der Waals surface area contributed by atoms with Gasteiger partial charge in [-0.15, -0.1) is 0 Å². The molecule has 0 aliphatic carbocycles. The van der Waals surface area contributed by atoms with Gasteiger partial charge in [-0.2, -0.15) is 0 Å². The van der Waals surface area contributed by atoms with E-state index in [2.05, 4.69) is 13.8 Å². The van der Waals surface area contributed by atoms with Gasteiger partial charge in [-0.05, 0) is 25.0 Å². The summed E-state index contributed by atoms with van der Waals surface area (Å²) in [5.74, 6) is 1.34. The van der Waals surface area contributed by atoms with Crippen molar-refractivity contribution >= 4 is 11.0 Å². The molecule has 1 aromatic heterocycles. The van der Waals surface area contributed by atoms with Gasteiger partial charge >= 0.3 is 5.63 Å². The van der Waals surface area contributed by atoms with Crippen LogP contribution in [-0.2, 0) is 0 Å². The minimum absolute atomic E-state index is 0.199. The Labute approximate surface area is 212 Å². The average Bonchev–Trinajstić information content (AvgIpc) is 2.87. The van der Waals surface area contributed by atoms with E-state index in [0.29, 0.717) is 30.3 Å². The lowest BCUT2D eigenvalue weighted by Crippen LogP contribution is -2.12. The Morgan fingerprint density at radius 1 is 0.657 bits per heavy atom. The number of rotatable bonds is 21. The Morgan fingerprint density at radius 3 is 1.66 bits per heavy atom. The highest BCUT2D eigenvalue weighted by atomic mass is 16.5. The first kappa shape index (κ1) is 29.1. The number of unbranched alkanes of at least 4 members (excludes halogenated alkanes) is 14.